The quantitative estimate of drug-likeness (QED) is 0.253. The number of benzene rings is 2. The largest absolute Gasteiger partial charge is 0.507 e. The molecule has 4 nitrogen and oxygen atoms in total. The summed E-state index contributed by atoms with van der Waals surface area (Å²) >= 11 is 0. The number of hydrogen-bond acceptors (Lipinski definition) is 4. The fourth-order valence-corrected chi connectivity index (χ4v) is 8.20. The fourth-order valence-electron chi connectivity index (χ4n) is 5.31. The van der Waals surface area contributed by atoms with E-state index in [2.05, 4.69) is 105 Å². The summed E-state index contributed by atoms with van der Waals surface area (Å²) in [6, 6.07) is 8.75. The van der Waals surface area contributed by atoms with Crippen molar-refractivity contribution in [2.75, 3.05) is 0 Å². The molecule has 0 amide bonds. The maximum atomic E-state index is 11.3. The van der Waals surface area contributed by atoms with Crippen LogP contribution in [0.25, 0.3) is 0 Å². The Hall–Kier alpha value is -1.68. The van der Waals surface area contributed by atoms with Gasteiger partial charge < -0.3 is 10.2 Å². The van der Waals surface area contributed by atoms with E-state index in [4.69, 9.17) is 9.98 Å². The second-order valence-corrected chi connectivity index (χ2v) is 26.0. The van der Waals surface area contributed by atoms with Crippen LogP contribution in [0.2, 0.25) is 39.3 Å². The summed E-state index contributed by atoms with van der Waals surface area (Å²) in [5.41, 5.74) is 4.06. The SMILES string of the molecule is CC(C)(C)c1cc(C=N[C@@H]2CCCC[C@H]2N=Cc2cc(C(C)(C)C)cc([Si](C)(C)C)c2O)c(O)c([Si](C)(C)C)c1.[Co]. The predicted molar refractivity (Wildman–Crippen MR) is 181 cm³/mol. The Morgan fingerprint density at radius 2 is 0.951 bits per heavy atom. The van der Waals surface area contributed by atoms with Crippen LogP contribution in [0.15, 0.2) is 34.3 Å². The van der Waals surface area contributed by atoms with Gasteiger partial charge in [0.2, 0.25) is 0 Å². The molecule has 1 aliphatic rings. The van der Waals surface area contributed by atoms with E-state index in [0.29, 0.717) is 11.5 Å². The molecular weight excluding hydrogens is 583 g/mol. The number of nitrogens with zero attached hydrogens (tertiary/aromatic N) is 2. The molecule has 229 valence electrons. The van der Waals surface area contributed by atoms with E-state index in [-0.39, 0.29) is 39.7 Å². The molecule has 7 heteroatoms. The van der Waals surface area contributed by atoms with Crippen molar-refractivity contribution in [2.24, 2.45) is 9.98 Å². The summed E-state index contributed by atoms with van der Waals surface area (Å²) in [7, 11) is -3.50. The topological polar surface area (TPSA) is 65.2 Å². The van der Waals surface area contributed by atoms with Crippen molar-refractivity contribution < 1.29 is 27.0 Å². The predicted octanol–water partition coefficient (Wildman–Crippen LogP) is 7.63. The normalized spacial score (nSPS) is 19.1. The Morgan fingerprint density at radius 3 is 1.22 bits per heavy atom. The molecule has 3 rings (SSSR count). The van der Waals surface area contributed by atoms with Crippen molar-refractivity contribution in [3.63, 3.8) is 0 Å². The number of aliphatic imine (C=N–C) groups is 2. The van der Waals surface area contributed by atoms with Gasteiger partial charge >= 0.3 is 0 Å². The Bertz CT molecular complexity index is 1180. The number of phenols is 2. The Kier molecular flexibility index (Phi) is 11.2. The third-order valence-corrected chi connectivity index (χ3v) is 12.1. The van der Waals surface area contributed by atoms with Crippen LogP contribution in [0.3, 0.4) is 0 Å². The van der Waals surface area contributed by atoms with Crippen LogP contribution in [-0.4, -0.2) is 50.9 Å². The van der Waals surface area contributed by atoms with Crippen molar-refractivity contribution >= 4 is 39.0 Å². The minimum atomic E-state index is -1.75. The first-order chi connectivity index (χ1) is 18.2. The summed E-state index contributed by atoms with van der Waals surface area (Å²) in [6.07, 6.45) is 8.02. The molecule has 0 bridgehead atoms. The van der Waals surface area contributed by atoms with Gasteiger partial charge in [-0.25, -0.2) is 0 Å². The zero-order valence-corrected chi connectivity index (χ0v) is 30.6. The van der Waals surface area contributed by atoms with E-state index < -0.39 is 16.1 Å². The van der Waals surface area contributed by atoms with Crippen LogP contribution in [0.4, 0.5) is 0 Å². The van der Waals surface area contributed by atoms with E-state index in [0.717, 1.165) is 47.2 Å². The first-order valence-electron chi connectivity index (χ1n) is 15.0. The molecule has 0 spiro atoms. The van der Waals surface area contributed by atoms with Crippen LogP contribution in [0.5, 0.6) is 11.5 Å². The molecule has 0 heterocycles. The van der Waals surface area contributed by atoms with Crippen molar-refractivity contribution in [3.05, 3.63) is 46.5 Å². The van der Waals surface area contributed by atoms with Gasteiger partial charge in [-0.15, -0.1) is 0 Å². The Labute approximate surface area is 262 Å². The zero-order valence-electron chi connectivity index (χ0n) is 27.6. The molecule has 1 aliphatic carbocycles. The van der Waals surface area contributed by atoms with Gasteiger partial charge in [0.15, 0.2) is 0 Å². The summed E-state index contributed by atoms with van der Waals surface area (Å²) in [6.45, 7) is 27.0. The average molecular weight is 638 g/mol. The number of aromatic hydroxyl groups is 2. The molecule has 2 aromatic rings. The van der Waals surface area contributed by atoms with Gasteiger partial charge in [-0.1, -0.05) is 106 Å². The van der Waals surface area contributed by atoms with Gasteiger partial charge in [0, 0.05) is 40.3 Å². The number of phenolic OH excluding ortho intramolecular Hbond substituents is 2. The van der Waals surface area contributed by atoms with Crippen LogP contribution in [-0.2, 0) is 27.6 Å². The van der Waals surface area contributed by atoms with Crippen molar-refractivity contribution in [2.45, 2.75) is 129 Å². The third kappa shape index (κ3) is 8.91. The molecule has 1 radical (unpaired) electrons. The molecule has 1 saturated carbocycles. The second-order valence-electron chi connectivity index (χ2n) is 15.9. The molecule has 1 fully saturated rings. The van der Waals surface area contributed by atoms with Gasteiger partial charge in [-0.3, -0.25) is 9.98 Å². The summed E-state index contributed by atoms with van der Waals surface area (Å²) in [5.74, 6) is 0.768. The molecule has 41 heavy (non-hydrogen) atoms. The molecule has 0 aromatic heterocycles. The van der Waals surface area contributed by atoms with Gasteiger partial charge in [0.1, 0.15) is 11.5 Å². The number of rotatable bonds is 6. The van der Waals surface area contributed by atoms with Gasteiger partial charge in [0.25, 0.3) is 0 Å². The van der Waals surface area contributed by atoms with E-state index >= 15 is 0 Å². The fraction of sp³-hybridized carbons (Fsp3) is 0.588. The van der Waals surface area contributed by atoms with Crippen LogP contribution < -0.4 is 10.4 Å². The van der Waals surface area contributed by atoms with E-state index in [9.17, 15) is 10.2 Å². The molecule has 0 saturated heterocycles. The molecule has 0 aliphatic heterocycles. The van der Waals surface area contributed by atoms with Gasteiger partial charge in [-0.05, 0) is 57.3 Å². The first kappa shape index (κ1) is 35.5. The Balaban J connectivity index is 0.00000588. The molecule has 2 aromatic carbocycles. The van der Waals surface area contributed by atoms with Gasteiger partial charge in [0.05, 0.1) is 28.2 Å². The average Bonchev–Trinajstić information content (AvgIpc) is 2.80. The van der Waals surface area contributed by atoms with Crippen molar-refractivity contribution in [3.8, 4) is 11.5 Å². The van der Waals surface area contributed by atoms with Crippen LogP contribution in [0.1, 0.15) is 89.5 Å². The maximum Gasteiger partial charge on any atom is 0.123 e. The molecule has 2 atom stereocenters. The molecule has 0 unspecified atom stereocenters. The molecular formula is C34H54CoN2O2Si2. The van der Waals surface area contributed by atoms with Crippen LogP contribution >= 0.6 is 0 Å². The standard InChI is InChI=1S/C34H54N2O2Si2.Co/c1-33(2,3)25-17-23(31(37)29(19-25)39(7,8)9)21-35-27-15-13-14-16-28(27)36-22-24-18-26(34(4,5)6)20-30(32(24)38)40(10,11)12;/h17-22,27-28,37-38H,13-16H2,1-12H3;/t27-,28-;/m1./s1. The maximum absolute atomic E-state index is 11.3. The van der Waals surface area contributed by atoms with Crippen LogP contribution in [0, 0.1) is 0 Å². The molecule has 2 N–H and O–H groups in total. The smallest absolute Gasteiger partial charge is 0.123 e. The van der Waals surface area contributed by atoms with E-state index in [1.165, 1.54) is 11.1 Å². The summed E-state index contributed by atoms with van der Waals surface area (Å²) in [5, 5.41) is 24.7. The van der Waals surface area contributed by atoms with Crippen molar-refractivity contribution in [1.29, 1.82) is 0 Å². The zero-order chi connectivity index (χ0) is 30.3. The minimum absolute atomic E-state index is 0. The first-order valence-corrected chi connectivity index (χ1v) is 22.0. The third-order valence-electron chi connectivity index (χ3n) is 8.13. The monoisotopic (exact) mass is 637 g/mol. The summed E-state index contributed by atoms with van der Waals surface area (Å²) in [4.78, 5) is 10.1. The van der Waals surface area contributed by atoms with E-state index in [1.54, 1.807) is 0 Å². The van der Waals surface area contributed by atoms with Crippen molar-refractivity contribution in [1.82, 2.24) is 0 Å². The second kappa shape index (κ2) is 12.9. The number of hydrogen-bond donors (Lipinski definition) is 2. The Morgan fingerprint density at radius 1 is 0.634 bits per heavy atom. The van der Waals surface area contributed by atoms with Gasteiger partial charge in [-0.2, -0.15) is 0 Å². The van der Waals surface area contributed by atoms with E-state index in [1.807, 2.05) is 12.4 Å². The summed E-state index contributed by atoms with van der Waals surface area (Å²) < 4.78 is 0. The minimum Gasteiger partial charge on any atom is -0.507 e.